The van der Waals surface area contributed by atoms with E-state index in [0.717, 1.165) is 38.9 Å². The van der Waals surface area contributed by atoms with E-state index in [2.05, 4.69) is 34.4 Å². The topological polar surface area (TPSA) is 99.5 Å². The van der Waals surface area contributed by atoms with Gasteiger partial charge in [0.1, 0.15) is 0 Å². The molecule has 1 aromatic heterocycles. The van der Waals surface area contributed by atoms with Crippen molar-refractivity contribution in [1.82, 2.24) is 14.5 Å². The summed E-state index contributed by atoms with van der Waals surface area (Å²) in [5, 5.41) is 16.5. The van der Waals surface area contributed by atoms with Crippen LogP contribution in [0.2, 0.25) is 10.0 Å². The Kier molecular flexibility index (Phi) is 11.0. The fourth-order valence-electron chi connectivity index (χ4n) is 3.32. The van der Waals surface area contributed by atoms with Gasteiger partial charge in [-0.05, 0) is 57.1 Å². The molecule has 3 N–H and O–H groups in total. The maximum Gasteiger partial charge on any atom is 0.271 e. The second-order valence-corrected chi connectivity index (χ2v) is 8.72. The number of rotatable bonds is 13. The standard InChI is InChI=1S/C23H33Cl2N5O3/c1-4-6-12-30(13-7-5-2)14-8-11-26-23-28-21(32)19(22(33)29(23)3)20(31)27-16-9-10-17(24)18(25)15-16/h9-10,15,32H,4-8,11-14H2,1-3H3,(H,26,28)(H,27,31). The number of aromatic hydroxyl groups is 1. The molecule has 1 heterocycles. The molecule has 0 aliphatic rings. The van der Waals surface area contributed by atoms with E-state index in [9.17, 15) is 14.7 Å². The quantitative estimate of drug-likeness (QED) is 0.345. The smallest absolute Gasteiger partial charge is 0.271 e. The summed E-state index contributed by atoms with van der Waals surface area (Å²) in [4.78, 5) is 31.8. The van der Waals surface area contributed by atoms with Gasteiger partial charge >= 0.3 is 0 Å². The number of anilines is 2. The minimum absolute atomic E-state index is 0.206. The molecule has 0 aliphatic heterocycles. The predicted molar refractivity (Wildman–Crippen MR) is 135 cm³/mol. The molecule has 2 aromatic rings. The van der Waals surface area contributed by atoms with E-state index in [0.29, 0.717) is 17.3 Å². The molecular formula is C23H33Cl2N5O3. The average molecular weight is 498 g/mol. The van der Waals surface area contributed by atoms with Crippen LogP contribution in [0.25, 0.3) is 0 Å². The minimum Gasteiger partial charge on any atom is -0.492 e. The lowest BCUT2D eigenvalue weighted by atomic mass is 10.2. The summed E-state index contributed by atoms with van der Waals surface area (Å²) in [7, 11) is 1.50. The maximum atomic E-state index is 12.7. The normalized spacial score (nSPS) is 11.1. The van der Waals surface area contributed by atoms with Gasteiger partial charge in [0.15, 0.2) is 5.56 Å². The lowest BCUT2D eigenvalue weighted by Gasteiger charge is -2.22. The van der Waals surface area contributed by atoms with Gasteiger partial charge in [-0.15, -0.1) is 0 Å². The van der Waals surface area contributed by atoms with E-state index < -0.39 is 22.9 Å². The van der Waals surface area contributed by atoms with Crippen molar-refractivity contribution in [2.24, 2.45) is 7.05 Å². The van der Waals surface area contributed by atoms with Crippen LogP contribution >= 0.6 is 23.2 Å². The van der Waals surface area contributed by atoms with Gasteiger partial charge in [-0.3, -0.25) is 14.2 Å². The number of hydrogen-bond donors (Lipinski definition) is 3. The first kappa shape index (κ1) is 27.0. The first-order chi connectivity index (χ1) is 15.8. The second kappa shape index (κ2) is 13.4. The number of halogens is 2. The third-order valence-electron chi connectivity index (χ3n) is 5.27. The highest BCUT2D eigenvalue weighted by atomic mass is 35.5. The van der Waals surface area contributed by atoms with Gasteiger partial charge < -0.3 is 20.6 Å². The number of carbonyl (C=O) groups is 1. The summed E-state index contributed by atoms with van der Waals surface area (Å²) in [6.45, 7) is 8.06. The first-order valence-electron chi connectivity index (χ1n) is 11.3. The van der Waals surface area contributed by atoms with E-state index in [1.54, 1.807) is 6.07 Å². The zero-order valence-corrected chi connectivity index (χ0v) is 21.0. The van der Waals surface area contributed by atoms with Crippen LogP contribution < -0.4 is 16.2 Å². The molecule has 0 atom stereocenters. The molecule has 1 amide bonds. The molecule has 0 fully saturated rings. The summed E-state index contributed by atoms with van der Waals surface area (Å²) < 4.78 is 1.22. The number of carbonyl (C=O) groups excluding carboxylic acids is 1. The molecule has 0 saturated carbocycles. The van der Waals surface area contributed by atoms with Crippen LogP contribution in [-0.2, 0) is 7.05 Å². The molecule has 0 spiro atoms. The Morgan fingerprint density at radius 3 is 2.33 bits per heavy atom. The van der Waals surface area contributed by atoms with Gasteiger partial charge in [0.25, 0.3) is 11.5 Å². The molecule has 2 rings (SSSR count). The number of aromatic nitrogens is 2. The molecule has 10 heteroatoms. The van der Waals surface area contributed by atoms with Crippen LogP contribution in [-0.4, -0.2) is 51.6 Å². The fourth-order valence-corrected chi connectivity index (χ4v) is 3.61. The summed E-state index contributed by atoms with van der Waals surface area (Å²) in [5.74, 6) is -1.21. The van der Waals surface area contributed by atoms with E-state index >= 15 is 0 Å². The van der Waals surface area contributed by atoms with Gasteiger partial charge in [0, 0.05) is 19.3 Å². The highest BCUT2D eigenvalue weighted by Gasteiger charge is 2.21. The summed E-state index contributed by atoms with van der Waals surface area (Å²) in [5.41, 5.74) is -0.761. The van der Waals surface area contributed by atoms with Crippen molar-refractivity contribution < 1.29 is 9.90 Å². The van der Waals surface area contributed by atoms with E-state index in [1.165, 1.54) is 36.6 Å². The Labute approximate surface area is 204 Å². The Balaban J connectivity index is 2.02. The van der Waals surface area contributed by atoms with Crippen molar-refractivity contribution >= 4 is 40.7 Å². The molecule has 182 valence electrons. The van der Waals surface area contributed by atoms with Crippen molar-refractivity contribution in [2.75, 3.05) is 36.8 Å². The van der Waals surface area contributed by atoms with Gasteiger partial charge in [0.05, 0.1) is 10.0 Å². The van der Waals surface area contributed by atoms with Crippen LogP contribution in [0.1, 0.15) is 56.3 Å². The minimum atomic E-state index is -0.784. The third-order valence-corrected chi connectivity index (χ3v) is 6.01. The lowest BCUT2D eigenvalue weighted by molar-refractivity contribution is 0.102. The third kappa shape index (κ3) is 7.91. The zero-order valence-electron chi connectivity index (χ0n) is 19.5. The van der Waals surface area contributed by atoms with Crippen molar-refractivity contribution in [3.8, 4) is 5.88 Å². The van der Waals surface area contributed by atoms with Crippen LogP contribution in [0.15, 0.2) is 23.0 Å². The Morgan fingerprint density at radius 2 is 1.73 bits per heavy atom. The number of nitrogens with one attached hydrogen (secondary N) is 2. The molecule has 8 nitrogen and oxygen atoms in total. The molecule has 1 aromatic carbocycles. The SMILES string of the molecule is CCCCN(CCCC)CCCNc1nc(O)c(C(=O)Nc2ccc(Cl)c(Cl)c2)c(=O)n1C. The molecule has 0 bridgehead atoms. The summed E-state index contributed by atoms with van der Waals surface area (Å²) in [6.07, 6.45) is 5.54. The second-order valence-electron chi connectivity index (χ2n) is 7.91. The molecule has 0 radical (unpaired) electrons. The predicted octanol–water partition coefficient (Wildman–Crippen LogP) is 4.75. The van der Waals surface area contributed by atoms with Gasteiger partial charge in [-0.1, -0.05) is 49.9 Å². The Bertz CT molecular complexity index is 989. The Hall–Kier alpha value is -2.29. The number of unbranched alkanes of at least 4 members (excludes halogenated alkanes) is 2. The van der Waals surface area contributed by atoms with Crippen molar-refractivity contribution in [2.45, 2.75) is 46.0 Å². The lowest BCUT2D eigenvalue weighted by Crippen LogP contribution is -2.31. The number of amides is 1. The maximum absolute atomic E-state index is 12.7. The number of hydrogen-bond acceptors (Lipinski definition) is 6. The molecule has 33 heavy (non-hydrogen) atoms. The van der Waals surface area contributed by atoms with Crippen LogP contribution in [0.3, 0.4) is 0 Å². The number of nitrogens with zero attached hydrogens (tertiary/aromatic N) is 3. The highest BCUT2D eigenvalue weighted by Crippen LogP contribution is 2.25. The van der Waals surface area contributed by atoms with Gasteiger partial charge in [0.2, 0.25) is 11.8 Å². The van der Waals surface area contributed by atoms with E-state index in [-0.39, 0.29) is 11.0 Å². The van der Waals surface area contributed by atoms with Crippen LogP contribution in [0.4, 0.5) is 11.6 Å². The summed E-state index contributed by atoms with van der Waals surface area (Å²) in [6, 6.07) is 4.52. The average Bonchev–Trinajstić information content (AvgIpc) is 2.78. The van der Waals surface area contributed by atoms with Crippen LogP contribution in [0, 0.1) is 0 Å². The van der Waals surface area contributed by atoms with E-state index in [4.69, 9.17) is 23.2 Å². The number of benzene rings is 1. The highest BCUT2D eigenvalue weighted by molar-refractivity contribution is 6.42. The zero-order chi connectivity index (χ0) is 24.4. The van der Waals surface area contributed by atoms with Gasteiger partial charge in [-0.25, -0.2) is 0 Å². The molecule has 0 saturated heterocycles. The fraction of sp³-hybridized carbons (Fsp3) is 0.522. The molecule has 0 unspecified atom stereocenters. The summed E-state index contributed by atoms with van der Waals surface area (Å²) >= 11 is 11.8. The van der Waals surface area contributed by atoms with Crippen molar-refractivity contribution in [1.29, 1.82) is 0 Å². The molecule has 0 aliphatic carbocycles. The van der Waals surface area contributed by atoms with Crippen molar-refractivity contribution in [3.63, 3.8) is 0 Å². The monoisotopic (exact) mass is 497 g/mol. The van der Waals surface area contributed by atoms with Gasteiger partial charge in [-0.2, -0.15) is 4.98 Å². The van der Waals surface area contributed by atoms with Crippen LogP contribution in [0.5, 0.6) is 5.88 Å². The van der Waals surface area contributed by atoms with Crippen molar-refractivity contribution in [3.05, 3.63) is 44.2 Å². The largest absolute Gasteiger partial charge is 0.492 e. The first-order valence-corrected chi connectivity index (χ1v) is 12.1. The van der Waals surface area contributed by atoms with E-state index in [1.807, 2.05) is 0 Å². The molecular weight excluding hydrogens is 465 g/mol. The Morgan fingerprint density at radius 1 is 1.09 bits per heavy atom.